The first-order chi connectivity index (χ1) is 10.4. The number of nitrogens with one attached hydrogen (secondary N) is 1. The molecule has 1 aliphatic heterocycles. The molecule has 0 bridgehead atoms. The lowest BCUT2D eigenvalue weighted by Gasteiger charge is -2.30. The van der Waals surface area contributed by atoms with Gasteiger partial charge in [0, 0.05) is 19.6 Å². The summed E-state index contributed by atoms with van der Waals surface area (Å²) in [5.74, 6) is 0.237. The van der Waals surface area contributed by atoms with E-state index in [2.05, 4.69) is 9.46 Å². The highest BCUT2D eigenvalue weighted by molar-refractivity contribution is 7.89. The summed E-state index contributed by atoms with van der Waals surface area (Å²) in [4.78, 5) is 13.3. The molecule has 1 aliphatic rings. The molecule has 0 radical (unpaired) electrons. The SMILES string of the molecule is COC(=O)N1CCC(CNS(=O)(=O)c2ccc(C)cc2)CC1. The molecule has 1 fully saturated rings. The molecule has 1 heterocycles. The van der Waals surface area contributed by atoms with E-state index in [0.29, 0.717) is 19.6 Å². The quantitative estimate of drug-likeness (QED) is 0.914. The Labute approximate surface area is 131 Å². The first kappa shape index (κ1) is 16.8. The van der Waals surface area contributed by atoms with E-state index in [4.69, 9.17) is 0 Å². The Balaban J connectivity index is 1.86. The normalized spacial score (nSPS) is 16.5. The molecule has 0 unspecified atom stereocenters. The van der Waals surface area contributed by atoms with E-state index in [9.17, 15) is 13.2 Å². The van der Waals surface area contributed by atoms with Crippen LogP contribution in [0.15, 0.2) is 29.2 Å². The Morgan fingerprint density at radius 3 is 2.41 bits per heavy atom. The second kappa shape index (κ2) is 7.11. The number of likely N-dealkylation sites (tertiary alicyclic amines) is 1. The standard InChI is InChI=1S/C15H22N2O4S/c1-12-3-5-14(6-4-12)22(19,20)16-11-13-7-9-17(10-8-13)15(18)21-2/h3-6,13,16H,7-11H2,1-2H3. The highest BCUT2D eigenvalue weighted by atomic mass is 32.2. The smallest absolute Gasteiger partial charge is 0.409 e. The summed E-state index contributed by atoms with van der Waals surface area (Å²) in [6, 6.07) is 6.78. The predicted molar refractivity (Wildman–Crippen MR) is 83.1 cm³/mol. The van der Waals surface area contributed by atoms with Crippen LogP contribution in [0.3, 0.4) is 0 Å². The third kappa shape index (κ3) is 4.20. The minimum absolute atomic E-state index is 0.237. The number of carbonyl (C=O) groups excluding carboxylic acids is 1. The number of nitrogens with zero attached hydrogens (tertiary/aromatic N) is 1. The van der Waals surface area contributed by atoms with Crippen LogP contribution in [0.25, 0.3) is 0 Å². The van der Waals surface area contributed by atoms with E-state index in [1.54, 1.807) is 29.2 Å². The number of rotatable bonds is 4. The van der Waals surface area contributed by atoms with Gasteiger partial charge in [-0.15, -0.1) is 0 Å². The van der Waals surface area contributed by atoms with Crippen LogP contribution in [-0.4, -0.2) is 46.2 Å². The maximum absolute atomic E-state index is 12.2. The lowest BCUT2D eigenvalue weighted by atomic mass is 9.97. The highest BCUT2D eigenvalue weighted by Gasteiger charge is 2.24. The molecule has 1 aromatic rings. The van der Waals surface area contributed by atoms with Crippen molar-refractivity contribution in [2.24, 2.45) is 5.92 Å². The van der Waals surface area contributed by atoms with E-state index in [1.807, 2.05) is 6.92 Å². The Kier molecular flexibility index (Phi) is 5.42. The van der Waals surface area contributed by atoms with E-state index < -0.39 is 10.0 Å². The molecule has 122 valence electrons. The van der Waals surface area contributed by atoms with Crippen molar-refractivity contribution >= 4 is 16.1 Å². The molecule has 22 heavy (non-hydrogen) atoms. The molecule has 6 nitrogen and oxygen atoms in total. The van der Waals surface area contributed by atoms with Gasteiger partial charge < -0.3 is 9.64 Å². The number of benzene rings is 1. The average Bonchev–Trinajstić information content (AvgIpc) is 2.53. The highest BCUT2D eigenvalue weighted by Crippen LogP contribution is 2.18. The predicted octanol–water partition coefficient (Wildman–Crippen LogP) is 1.75. The van der Waals surface area contributed by atoms with Crippen molar-refractivity contribution in [3.63, 3.8) is 0 Å². The Hall–Kier alpha value is -1.60. The summed E-state index contributed by atoms with van der Waals surface area (Å²) in [5.41, 5.74) is 1.02. The van der Waals surface area contributed by atoms with Crippen LogP contribution >= 0.6 is 0 Å². The number of methoxy groups -OCH3 is 1. The summed E-state index contributed by atoms with van der Waals surface area (Å²) in [6.07, 6.45) is 1.22. The molecule has 2 rings (SSSR count). The Bertz CT molecular complexity index is 605. The lowest BCUT2D eigenvalue weighted by molar-refractivity contribution is 0.106. The Morgan fingerprint density at radius 2 is 1.86 bits per heavy atom. The summed E-state index contributed by atoms with van der Waals surface area (Å²) in [5, 5.41) is 0. The van der Waals surface area contributed by atoms with Gasteiger partial charge in [0.15, 0.2) is 0 Å². The first-order valence-corrected chi connectivity index (χ1v) is 8.80. The monoisotopic (exact) mass is 326 g/mol. The summed E-state index contributed by atoms with van der Waals surface area (Å²) in [6.45, 7) is 3.51. The summed E-state index contributed by atoms with van der Waals surface area (Å²) >= 11 is 0. The van der Waals surface area contributed by atoms with Crippen LogP contribution in [0.1, 0.15) is 18.4 Å². The molecule has 0 spiro atoms. The maximum Gasteiger partial charge on any atom is 0.409 e. The zero-order valence-corrected chi connectivity index (χ0v) is 13.7. The van der Waals surface area contributed by atoms with E-state index in [0.717, 1.165) is 18.4 Å². The van der Waals surface area contributed by atoms with Crippen LogP contribution in [0.2, 0.25) is 0 Å². The molecule has 1 saturated heterocycles. The largest absolute Gasteiger partial charge is 0.453 e. The van der Waals surface area contributed by atoms with Gasteiger partial charge in [-0.1, -0.05) is 17.7 Å². The summed E-state index contributed by atoms with van der Waals surface area (Å²) < 4.78 is 31.8. The van der Waals surface area contributed by atoms with Crippen LogP contribution in [0, 0.1) is 12.8 Å². The fourth-order valence-corrected chi connectivity index (χ4v) is 3.59. The third-order valence-electron chi connectivity index (χ3n) is 3.94. The second-order valence-electron chi connectivity index (χ2n) is 5.57. The minimum atomic E-state index is -3.47. The van der Waals surface area contributed by atoms with Crippen molar-refractivity contribution in [1.29, 1.82) is 0 Å². The van der Waals surface area contributed by atoms with Gasteiger partial charge in [0.1, 0.15) is 0 Å². The van der Waals surface area contributed by atoms with Crippen molar-refractivity contribution < 1.29 is 17.9 Å². The van der Waals surface area contributed by atoms with Gasteiger partial charge in [-0.2, -0.15) is 0 Å². The van der Waals surface area contributed by atoms with Gasteiger partial charge in [-0.3, -0.25) is 0 Å². The summed E-state index contributed by atoms with van der Waals surface area (Å²) in [7, 11) is -2.10. The molecule has 7 heteroatoms. The van der Waals surface area contributed by atoms with Crippen molar-refractivity contribution in [1.82, 2.24) is 9.62 Å². The second-order valence-corrected chi connectivity index (χ2v) is 7.33. The molecule has 0 atom stereocenters. The van der Waals surface area contributed by atoms with Gasteiger partial charge in [-0.05, 0) is 37.8 Å². The van der Waals surface area contributed by atoms with E-state index >= 15 is 0 Å². The van der Waals surface area contributed by atoms with Gasteiger partial charge in [-0.25, -0.2) is 17.9 Å². The average molecular weight is 326 g/mol. The first-order valence-electron chi connectivity index (χ1n) is 7.31. The maximum atomic E-state index is 12.2. The van der Waals surface area contributed by atoms with Crippen LogP contribution in [0.5, 0.6) is 0 Å². The van der Waals surface area contributed by atoms with Crippen molar-refractivity contribution in [3.8, 4) is 0 Å². The van der Waals surface area contributed by atoms with Gasteiger partial charge in [0.25, 0.3) is 0 Å². The van der Waals surface area contributed by atoms with E-state index in [1.165, 1.54) is 7.11 Å². The number of hydrogen-bond donors (Lipinski definition) is 1. The molecule has 0 aromatic heterocycles. The Morgan fingerprint density at radius 1 is 1.27 bits per heavy atom. The van der Waals surface area contributed by atoms with Crippen LogP contribution in [0.4, 0.5) is 4.79 Å². The fourth-order valence-electron chi connectivity index (χ4n) is 2.48. The molecule has 0 aliphatic carbocycles. The van der Waals surface area contributed by atoms with Gasteiger partial charge in [0.05, 0.1) is 12.0 Å². The molecular weight excluding hydrogens is 304 g/mol. The zero-order valence-electron chi connectivity index (χ0n) is 12.9. The topological polar surface area (TPSA) is 75.7 Å². The van der Waals surface area contributed by atoms with Crippen molar-refractivity contribution in [2.75, 3.05) is 26.7 Å². The molecule has 1 amide bonds. The van der Waals surface area contributed by atoms with Gasteiger partial charge >= 0.3 is 6.09 Å². The van der Waals surface area contributed by atoms with Gasteiger partial charge in [0.2, 0.25) is 10.0 Å². The minimum Gasteiger partial charge on any atom is -0.453 e. The van der Waals surface area contributed by atoms with Crippen molar-refractivity contribution in [2.45, 2.75) is 24.7 Å². The zero-order chi connectivity index (χ0) is 16.2. The lowest BCUT2D eigenvalue weighted by Crippen LogP contribution is -2.41. The number of ether oxygens (including phenoxy) is 1. The number of hydrogen-bond acceptors (Lipinski definition) is 4. The molecular formula is C15H22N2O4S. The third-order valence-corrected chi connectivity index (χ3v) is 5.38. The fraction of sp³-hybridized carbons (Fsp3) is 0.533. The molecule has 0 saturated carbocycles. The number of aryl methyl sites for hydroxylation is 1. The molecule has 1 N–H and O–H groups in total. The van der Waals surface area contributed by atoms with Crippen LogP contribution in [-0.2, 0) is 14.8 Å². The van der Waals surface area contributed by atoms with Crippen LogP contribution < -0.4 is 4.72 Å². The number of amides is 1. The van der Waals surface area contributed by atoms with E-state index in [-0.39, 0.29) is 16.9 Å². The molecule has 1 aromatic carbocycles. The number of carbonyl (C=O) groups is 1. The number of piperidine rings is 1. The number of sulfonamides is 1. The van der Waals surface area contributed by atoms with Crippen molar-refractivity contribution in [3.05, 3.63) is 29.8 Å².